The predicted octanol–water partition coefficient (Wildman–Crippen LogP) is 1.87. The lowest BCUT2D eigenvalue weighted by Crippen LogP contribution is -2.06. The lowest BCUT2D eigenvalue weighted by molar-refractivity contribution is 0.151. The molecule has 70 valence electrons. The maximum Gasteiger partial charge on any atom is 0.0899 e. The highest BCUT2D eigenvalue weighted by atomic mass is 16.3. The third-order valence-corrected chi connectivity index (χ3v) is 2.97. The van der Waals surface area contributed by atoms with Crippen LogP contribution in [0, 0.1) is 13.8 Å². The van der Waals surface area contributed by atoms with Gasteiger partial charge in [0.15, 0.2) is 0 Å². The molecule has 0 atom stereocenters. The average Bonchev–Trinajstić information content (AvgIpc) is 2.80. The molecule has 2 rings (SSSR count). The smallest absolute Gasteiger partial charge is 0.0899 e. The summed E-state index contributed by atoms with van der Waals surface area (Å²) >= 11 is 0. The maximum atomic E-state index is 9.88. The van der Waals surface area contributed by atoms with E-state index < -0.39 is 5.60 Å². The Morgan fingerprint density at radius 3 is 2.38 bits per heavy atom. The van der Waals surface area contributed by atoms with Gasteiger partial charge >= 0.3 is 0 Å². The van der Waals surface area contributed by atoms with Crippen molar-refractivity contribution in [2.75, 3.05) is 5.73 Å². The maximum absolute atomic E-state index is 9.88. The van der Waals surface area contributed by atoms with Crippen LogP contribution in [-0.4, -0.2) is 5.11 Å². The highest BCUT2D eigenvalue weighted by molar-refractivity contribution is 5.54. The number of aliphatic hydroxyl groups is 1. The van der Waals surface area contributed by atoms with Gasteiger partial charge in [0.25, 0.3) is 0 Å². The quantitative estimate of drug-likeness (QED) is 0.643. The first-order chi connectivity index (χ1) is 6.03. The number of hydrogen-bond acceptors (Lipinski definition) is 2. The molecule has 0 unspecified atom stereocenters. The minimum atomic E-state index is -0.563. The van der Waals surface area contributed by atoms with Crippen molar-refractivity contribution in [3.8, 4) is 0 Å². The van der Waals surface area contributed by atoms with Crippen LogP contribution in [0.3, 0.4) is 0 Å². The minimum Gasteiger partial charge on any atom is -0.398 e. The van der Waals surface area contributed by atoms with E-state index in [0.29, 0.717) is 0 Å². The van der Waals surface area contributed by atoms with Gasteiger partial charge in [-0.05, 0) is 49.4 Å². The molecule has 0 heterocycles. The molecule has 3 N–H and O–H groups in total. The highest BCUT2D eigenvalue weighted by Crippen LogP contribution is 2.46. The second kappa shape index (κ2) is 2.48. The zero-order valence-electron chi connectivity index (χ0n) is 8.09. The fourth-order valence-electron chi connectivity index (χ4n) is 1.56. The molecule has 13 heavy (non-hydrogen) atoms. The predicted molar refractivity (Wildman–Crippen MR) is 53.5 cm³/mol. The second-order valence-electron chi connectivity index (χ2n) is 4.04. The molecule has 2 heteroatoms. The first-order valence-corrected chi connectivity index (χ1v) is 4.62. The third-order valence-electron chi connectivity index (χ3n) is 2.97. The Morgan fingerprint density at radius 2 is 1.92 bits per heavy atom. The monoisotopic (exact) mass is 177 g/mol. The summed E-state index contributed by atoms with van der Waals surface area (Å²) in [6, 6.07) is 3.94. The summed E-state index contributed by atoms with van der Waals surface area (Å²) in [6.07, 6.45) is 1.74. The van der Waals surface area contributed by atoms with E-state index in [1.165, 1.54) is 0 Å². The van der Waals surface area contributed by atoms with E-state index in [-0.39, 0.29) is 0 Å². The normalized spacial score (nSPS) is 18.7. The number of aryl methyl sites for hydroxylation is 1. The molecule has 0 aromatic heterocycles. The lowest BCUT2D eigenvalue weighted by Gasteiger charge is -2.12. The third kappa shape index (κ3) is 1.31. The summed E-state index contributed by atoms with van der Waals surface area (Å²) in [7, 11) is 0. The van der Waals surface area contributed by atoms with Crippen LogP contribution in [0.5, 0.6) is 0 Å². The van der Waals surface area contributed by atoms with Crippen LogP contribution in [0.15, 0.2) is 12.1 Å². The van der Waals surface area contributed by atoms with Gasteiger partial charge < -0.3 is 10.8 Å². The summed E-state index contributed by atoms with van der Waals surface area (Å²) < 4.78 is 0. The number of benzene rings is 1. The van der Waals surface area contributed by atoms with Gasteiger partial charge in [-0.2, -0.15) is 0 Å². The van der Waals surface area contributed by atoms with E-state index in [1.54, 1.807) is 0 Å². The van der Waals surface area contributed by atoms with Crippen molar-refractivity contribution in [3.05, 3.63) is 28.8 Å². The van der Waals surface area contributed by atoms with Crippen molar-refractivity contribution < 1.29 is 5.11 Å². The molecule has 0 bridgehead atoms. The van der Waals surface area contributed by atoms with Crippen LogP contribution in [0.4, 0.5) is 5.69 Å². The number of rotatable bonds is 1. The average molecular weight is 177 g/mol. The fourth-order valence-corrected chi connectivity index (χ4v) is 1.56. The number of hydrogen-bond donors (Lipinski definition) is 2. The van der Waals surface area contributed by atoms with Crippen LogP contribution >= 0.6 is 0 Å². The van der Waals surface area contributed by atoms with Crippen molar-refractivity contribution in [2.24, 2.45) is 0 Å². The first-order valence-electron chi connectivity index (χ1n) is 4.62. The Labute approximate surface area is 78.4 Å². The summed E-state index contributed by atoms with van der Waals surface area (Å²) in [5.41, 5.74) is 9.32. The van der Waals surface area contributed by atoms with Gasteiger partial charge in [0.05, 0.1) is 5.60 Å². The molecule has 0 spiro atoms. The molecular formula is C11H15NO. The highest BCUT2D eigenvalue weighted by Gasteiger charge is 2.42. The molecule has 1 aromatic rings. The van der Waals surface area contributed by atoms with E-state index in [9.17, 15) is 5.11 Å². The molecule has 0 radical (unpaired) electrons. The number of anilines is 1. The molecule has 1 fully saturated rings. The molecule has 1 aliphatic carbocycles. The Morgan fingerprint density at radius 1 is 1.31 bits per heavy atom. The van der Waals surface area contributed by atoms with E-state index in [2.05, 4.69) is 0 Å². The summed E-state index contributed by atoms with van der Waals surface area (Å²) in [4.78, 5) is 0. The zero-order chi connectivity index (χ0) is 9.64. The van der Waals surface area contributed by atoms with Crippen LogP contribution in [0.1, 0.15) is 29.5 Å². The molecule has 2 nitrogen and oxygen atoms in total. The molecule has 1 aromatic carbocycles. The van der Waals surface area contributed by atoms with Gasteiger partial charge in [0.1, 0.15) is 0 Å². The van der Waals surface area contributed by atoms with E-state index in [0.717, 1.165) is 35.2 Å². The SMILES string of the molecule is Cc1cc(C2(O)CC2)cc(N)c1C. The minimum absolute atomic E-state index is 0.563. The Hall–Kier alpha value is -1.02. The van der Waals surface area contributed by atoms with E-state index >= 15 is 0 Å². The first kappa shape index (κ1) is 8.57. The van der Waals surface area contributed by atoms with Crippen molar-refractivity contribution in [2.45, 2.75) is 32.3 Å². The van der Waals surface area contributed by atoms with Gasteiger partial charge in [0.2, 0.25) is 0 Å². The fraction of sp³-hybridized carbons (Fsp3) is 0.455. The molecule has 0 saturated heterocycles. The van der Waals surface area contributed by atoms with Crippen LogP contribution in [0.2, 0.25) is 0 Å². The van der Waals surface area contributed by atoms with Crippen LogP contribution in [-0.2, 0) is 5.60 Å². The molecule has 0 amide bonds. The molecular weight excluding hydrogens is 162 g/mol. The van der Waals surface area contributed by atoms with Gasteiger partial charge in [0, 0.05) is 5.69 Å². The Balaban J connectivity index is 2.50. The Kier molecular flexibility index (Phi) is 1.64. The largest absolute Gasteiger partial charge is 0.398 e. The zero-order valence-corrected chi connectivity index (χ0v) is 8.09. The summed E-state index contributed by atoms with van der Waals surface area (Å²) in [6.45, 7) is 4.03. The van der Waals surface area contributed by atoms with Gasteiger partial charge in [-0.15, -0.1) is 0 Å². The topological polar surface area (TPSA) is 46.2 Å². The lowest BCUT2D eigenvalue weighted by atomic mass is 10.00. The Bertz CT molecular complexity index is 330. The molecule has 1 saturated carbocycles. The van der Waals surface area contributed by atoms with Gasteiger partial charge in [-0.1, -0.05) is 6.07 Å². The van der Waals surface area contributed by atoms with E-state index in [4.69, 9.17) is 5.73 Å². The van der Waals surface area contributed by atoms with E-state index in [1.807, 2.05) is 26.0 Å². The van der Waals surface area contributed by atoms with Crippen LogP contribution < -0.4 is 5.73 Å². The molecule has 1 aliphatic rings. The molecule has 0 aliphatic heterocycles. The standard InChI is InChI=1S/C11H15NO/c1-7-5-9(11(13)3-4-11)6-10(12)8(7)2/h5-6,13H,3-4,12H2,1-2H3. The summed E-state index contributed by atoms with van der Waals surface area (Å²) in [5.74, 6) is 0. The second-order valence-corrected chi connectivity index (χ2v) is 4.04. The number of nitrogens with two attached hydrogens (primary N) is 1. The van der Waals surface area contributed by atoms with Gasteiger partial charge in [-0.3, -0.25) is 0 Å². The summed E-state index contributed by atoms with van der Waals surface area (Å²) in [5, 5.41) is 9.88. The van der Waals surface area contributed by atoms with Gasteiger partial charge in [-0.25, -0.2) is 0 Å². The van der Waals surface area contributed by atoms with Crippen LogP contribution in [0.25, 0.3) is 0 Å². The van der Waals surface area contributed by atoms with Crippen molar-refractivity contribution in [1.29, 1.82) is 0 Å². The van der Waals surface area contributed by atoms with Crippen molar-refractivity contribution in [1.82, 2.24) is 0 Å². The van der Waals surface area contributed by atoms with Crippen molar-refractivity contribution >= 4 is 5.69 Å². The van der Waals surface area contributed by atoms with Crippen molar-refractivity contribution in [3.63, 3.8) is 0 Å². The number of nitrogen functional groups attached to an aromatic ring is 1.